The number of aryl methyl sites for hydroxylation is 1. The van der Waals surface area contributed by atoms with E-state index in [1.54, 1.807) is 6.33 Å². The second-order valence-corrected chi connectivity index (χ2v) is 6.53. The molecule has 0 amide bonds. The molecule has 23 heavy (non-hydrogen) atoms. The Morgan fingerprint density at radius 1 is 1.39 bits per heavy atom. The van der Waals surface area contributed by atoms with Crippen molar-refractivity contribution in [2.45, 2.75) is 46.1 Å². The molecule has 1 aliphatic carbocycles. The first-order valence-electron chi connectivity index (χ1n) is 8.42. The Hall–Kier alpha value is -0.860. The van der Waals surface area contributed by atoms with Gasteiger partial charge in [-0.15, -0.1) is 34.2 Å². The van der Waals surface area contributed by atoms with Gasteiger partial charge in [0.25, 0.3) is 0 Å². The number of aromatic nitrogens is 3. The maximum Gasteiger partial charge on any atom is 0.194 e. The van der Waals surface area contributed by atoms with E-state index in [1.165, 1.54) is 25.7 Å². The van der Waals surface area contributed by atoms with E-state index in [1.807, 2.05) is 11.6 Å². The van der Waals surface area contributed by atoms with Gasteiger partial charge >= 0.3 is 0 Å². The van der Waals surface area contributed by atoms with E-state index in [9.17, 15) is 0 Å². The number of hydrogen-bond acceptors (Lipinski definition) is 3. The monoisotopic (exact) mass is 434 g/mol. The van der Waals surface area contributed by atoms with Crippen molar-refractivity contribution >= 4 is 29.9 Å². The summed E-state index contributed by atoms with van der Waals surface area (Å²) in [5, 5.41) is 11.4. The second-order valence-electron chi connectivity index (χ2n) is 6.53. The van der Waals surface area contributed by atoms with E-state index in [-0.39, 0.29) is 24.0 Å². The standard InChI is InChI=1S/C16H30N6.HI/c1-5-17-16(18-10-15-20-19-12-22(15)4)21(3)11-14-8-6-13(2)7-9-14;/h12-14H,5-11H2,1-4H3,(H,17,18);1H. The molecule has 2 rings (SSSR count). The van der Waals surface area contributed by atoms with Crippen molar-refractivity contribution in [2.24, 2.45) is 23.9 Å². The number of guanidine groups is 1. The fourth-order valence-electron chi connectivity index (χ4n) is 3.05. The first-order chi connectivity index (χ1) is 10.6. The van der Waals surface area contributed by atoms with Crippen molar-refractivity contribution in [3.8, 4) is 0 Å². The number of halogens is 1. The lowest BCUT2D eigenvalue weighted by Crippen LogP contribution is -2.41. The van der Waals surface area contributed by atoms with Crippen LogP contribution in [0.15, 0.2) is 11.3 Å². The molecule has 0 aliphatic heterocycles. The first kappa shape index (κ1) is 20.2. The summed E-state index contributed by atoms with van der Waals surface area (Å²) >= 11 is 0. The Morgan fingerprint density at radius 2 is 2.09 bits per heavy atom. The molecule has 6 nitrogen and oxygen atoms in total. The lowest BCUT2D eigenvalue weighted by Gasteiger charge is -2.31. The summed E-state index contributed by atoms with van der Waals surface area (Å²) in [5.41, 5.74) is 0. The maximum atomic E-state index is 4.71. The summed E-state index contributed by atoms with van der Waals surface area (Å²) in [6.07, 6.45) is 7.13. The summed E-state index contributed by atoms with van der Waals surface area (Å²) in [6.45, 7) is 6.99. The fourth-order valence-corrected chi connectivity index (χ4v) is 3.05. The van der Waals surface area contributed by atoms with Crippen molar-refractivity contribution in [1.82, 2.24) is 25.0 Å². The van der Waals surface area contributed by atoms with E-state index in [4.69, 9.17) is 4.99 Å². The highest BCUT2D eigenvalue weighted by molar-refractivity contribution is 14.0. The third kappa shape index (κ3) is 6.27. The highest BCUT2D eigenvalue weighted by Gasteiger charge is 2.20. The van der Waals surface area contributed by atoms with Crippen LogP contribution < -0.4 is 5.32 Å². The Morgan fingerprint density at radius 3 is 2.65 bits per heavy atom. The summed E-state index contributed by atoms with van der Waals surface area (Å²) in [4.78, 5) is 6.97. The molecule has 0 aromatic carbocycles. The van der Waals surface area contributed by atoms with Gasteiger partial charge in [-0.3, -0.25) is 0 Å². The zero-order valence-corrected chi connectivity index (χ0v) is 17.2. The van der Waals surface area contributed by atoms with Crippen LogP contribution in [0.3, 0.4) is 0 Å². The smallest absolute Gasteiger partial charge is 0.194 e. The lowest BCUT2D eigenvalue weighted by atomic mass is 9.83. The second kappa shape index (κ2) is 10.1. The Balaban J connectivity index is 0.00000264. The summed E-state index contributed by atoms with van der Waals surface area (Å²) in [7, 11) is 4.08. The minimum absolute atomic E-state index is 0. The molecular weight excluding hydrogens is 403 g/mol. The number of nitrogens with one attached hydrogen (secondary N) is 1. The number of aliphatic imine (C=N–C) groups is 1. The van der Waals surface area contributed by atoms with Gasteiger partial charge in [-0.25, -0.2) is 4.99 Å². The predicted molar refractivity (Wildman–Crippen MR) is 105 cm³/mol. The minimum Gasteiger partial charge on any atom is -0.357 e. The van der Waals surface area contributed by atoms with Crippen molar-refractivity contribution in [2.75, 3.05) is 20.1 Å². The van der Waals surface area contributed by atoms with Gasteiger partial charge in [0, 0.05) is 27.2 Å². The molecule has 1 aliphatic rings. The van der Waals surface area contributed by atoms with E-state index >= 15 is 0 Å². The van der Waals surface area contributed by atoms with Crippen LogP contribution in [0.1, 0.15) is 45.4 Å². The molecule has 1 aromatic rings. The van der Waals surface area contributed by atoms with Gasteiger partial charge in [0.15, 0.2) is 11.8 Å². The van der Waals surface area contributed by atoms with Crippen LogP contribution in [0.5, 0.6) is 0 Å². The average Bonchev–Trinajstić information content (AvgIpc) is 2.91. The van der Waals surface area contributed by atoms with Gasteiger partial charge in [-0.2, -0.15) is 0 Å². The van der Waals surface area contributed by atoms with Crippen LogP contribution >= 0.6 is 24.0 Å². The van der Waals surface area contributed by atoms with Gasteiger partial charge < -0.3 is 14.8 Å². The molecule has 0 spiro atoms. The SMILES string of the molecule is CCNC(=NCc1nncn1C)N(C)CC1CCC(C)CC1.I. The number of nitrogens with zero attached hydrogens (tertiary/aromatic N) is 5. The highest BCUT2D eigenvalue weighted by Crippen LogP contribution is 2.28. The highest BCUT2D eigenvalue weighted by atomic mass is 127. The average molecular weight is 434 g/mol. The largest absolute Gasteiger partial charge is 0.357 e. The molecule has 1 aromatic heterocycles. The molecule has 0 bridgehead atoms. The number of rotatable bonds is 5. The van der Waals surface area contributed by atoms with Crippen LogP contribution in [0.2, 0.25) is 0 Å². The predicted octanol–water partition coefficient (Wildman–Crippen LogP) is 2.66. The van der Waals surface area contributed by atoms with Gasteiger partial charge in [0.05, 0.1) is 0 Å². The summed E-state index contributed by atoms with van der Waals surface area (Å²) in [5.74, 6) is 3.54. The van der Waals surface area contributed by atoms with Crippen LogP contribution in [-0.2, 0) is 13.6 Å². The third-order valence-electron chi connectivity index (χ3n) is 4.54. The molecule has 1 saturated carbocycles. The molecular formula is C16H31IN6. The Bertz CT molecular complexity index is 479. The van der Waals surface area contributed by atoms with Crippen molar-refractivity contribution < 1.29 is 0 Å². The molecule has 0 atom stereocenters. The Labute approximate surface area is 157 Å². The molecule has 1 heterocycles. The zero-order valence-electron chi connectivity index (χ0n) is 14.8. The van der Waals surface area contributed by atoms with E-state index in [0.717, 1.165) is 36.7 Å². The van der Waals surface area contributed by atoms with Crippen LogP contribution in [-0.4, -0.2) is 45.8 Å². The number of hydrogen-bond donors (Lipinski definition) is 1. The lowest BCUT2D eigenvalue weighted by molar-refractivity contribution is 0.250. The van der Waals surface area contributed by atoms with Gasteiger partial charge in [-0.05, 0) is 31.6 Å². The maximum absolute atomic E-state index is 4.71. The zero-order chi connectivity index (χ0) is 15.9. The molecule has 132 valence electrons. The first-order valence-corrected chi connectivity index (χ1v) is 8.42. The Kier molecular flexibility index (Phi) is 8.86. The molecule has 0 radical (unpaired) electrons. The quantitative estimate of drug-likeness (QED) is 0.440. The van der Waals surface area contributed by atoms with Crippen molar-refractivity contribution in [1.29, 1.82) is 0 Å². The molecule has 0 unspecified atom stereocenters. The summed E-state index contributed by atoms with van der Waals surface area (Å²) in [6, 6.07) is 0. The third-order valence-corrected chi connectivity index (χ3v) is 4.54. The van der Waals surface area contributed by atoms with E-state index in [2.05, 4.69) is 41.3 Å². The molecule has 0 saturated heterocycles. The summed E-state index contributed by atoms with van der Waals surface area (Å²) < 4.78 is 1.91. The van der Waals surface area contributed by atoms with E-state index in [0.29, 0.717) is 6.54 Å². The fraction of sp³-hybridized carbons (Fsp3) is 0.812. The van der Waals surface area contributed by atoms with E-state index < -0.39 is 0 Å². The topological polar surface area (TPSA) is 58.3 Å². The molecule has 1 N–H and O–H groups in total. The van der Waals surface area contributed by atoms with Crippen LogP contribution in [0, 0.1) is 11.8 Å². The van der Waals surface area contributed by atoms with Gasteiger partial charge in [-0.1, -0.05) is 19.8 Å². The minimum atomic E-state index is 0. The van der Waals surface area contributed by atoms with Crippen molar-refractivity contribution in [3.63, 3.8) is 0 Å². The molecule has 1 fully saturated rings. The van der Waals surface area contributed by atoms with Gasteiger partial charge in [0.1, 0.15) is 12.9 Å². The normalized spacial score (nSPS) is 21.7. The van der Waals surface area contributed by atoms with Crippen LogP contribution in [0.4, 0.5) is 0 Å². The molecule has 7 heteroatoms. The van der Waals surface area contributed by atoms with Crippen LogP contribution in [0.25, 0.3) is 0 Å². The van der Waals surface area contributed by atoms with Gasteiger partial charge in [0.2, 0.25) is 0 Å². The van der Waals surface area contributed by atoms with Crippen molar-refractivity contribution in [3.05, 3.63) is 12.2 Å².